The van der Waals surface area contributed by atoms with Crippen LogP contribution in [0.3, 0.4) is 0 Å². The van der Waals surface area contributed by atoms with E-state index in [2.05, 4.69) is 5.32 Å². The van der Waals surface area contributed by atoms with E-state index in [1.807, 2.05) is 42.5 Å². The van der Waals surface area contributed by atoms with Gasteiger partial charge in [0.15, 0.2) is 5.76 Å². The Hall–Kier alpha value is -4.12. The Morgan fingerprint density at radius 2 is 1.52 bits per heavy atom. The van der Waals surface area contributed by atoms with Crippen LogP contribution in [0.1, 0.15) is 20.9 Å². The molecule has 0 aliphatic heterocycles. The third-order valence-electron chi connectivity index (χ3n) is 4.28. The summed E-state index contributed by atoms with van der Waals surface area (Å²) in [5.74, 6) is -0.320. The second-order valence-corrected chi connectivity index (χ2v) is 6.29. The number of benzene rings is 3. The van der Waals surface area contributed by atoms with Crippen LogP contribution in [-0.2, 0) is 0 Å². The fraction of sp³-hybridized carbons (Fsp3) is 0. The minimum atomic E-state index is -0.473. The third-order valence-corrected chi connectivity index (χ3v) is 4.28. The molecule has 0 fully saturated rings. The summed E-state index contributed by atoms with van der Waals surface area (Å²) in [5.41, 5.74) is 3.03. The van der Waals surface area contributed by atoms with Gasteiger partial charge in [-0.1, -0.05) is 48.5 Å². The van der Waals surface area contributed by atoms with Gasteiger partial charge in [-0.05, 0) is 47.5 Å². The molecule has 0 spiro atoms. The number of esters is 1. The second kappa shape index (κ2) is 8.27. The lowest BCUT2D eigenvalue weighted by atomic mass is 10.0. The summed E-state index contributed by atoms with van der Waals surface area (Å²) in [7, 11) is 0. The molecule has 0 aliphatic rings. The molecule has 0 bridgehead atoms. The molecule has 29 heavy (non-hydrogen) atoms. The molecule has 1 aromatic heterocycles. The normalized spacial score (nSPS) is 10.3. The molecule has 142 valence electrons. The van der Waals surface area contributed by atoms with Crippen molar-refractivity contribution in [2.24, 2.45) is 0 Å². The van der Waals surface area contributed by atoms with Gasteiger partial charge in [-0.2, -0.15) is 0 Å². The zero-order valence-electron chi connectivity index (χ0n) is 15.4. The van der Waals surface area contributed by atoms with Crippen molar-refractivity contribution in [2.75, 3.05) is 5.32 Å². The van der Waals surface area contributed by atoms with Crippen LogP contribution < -0.4 is 10.1 Å². The van der Waals surface area contributed by atoms with Crippen LogP contribution in [0.15, 0.2) is 102 Å². The number of anilines is 1. The van der Waals surface area contributed by atoms with E-state index in [4.69, 9.17) is 9.15 Å². The monoisotopic (exact) mass is 383 g/mol. The van der Waals surface area contributed by atoms with Gasteiger partial charge in [0.05, 0.1) is 11.8 Å². The number of rotatable bonds is 5. The molecule has 3 aromatic carbocycles. The van der Waals surface area contributed by atoms with Crippen molar-refractivity contribution in [2.45, 2.75) is 0 Å². The number of nitrogens with one attached hydrogen (secondary N) is 1. The molecular formula is C24H17NO4. The minimum Gasteiger partial charge on any atom is -0.459 e. The predicted octanol–water partition coefficient (Wildman–Crippen LogP) is 5.42. The van der Waals surface area contributed by atoms with E-state index in [0.29, 0.717) is 17.0 Å². The molecule has 1 N–H and O–H groups in total. The van der Waals surface area contributed by atoms with Crippen molar-refractivity contribution in [1.82, 2.24) is 0 Å². The summed E-state index contributed by atoms with van der Waals surface area (Å²) < 4.78 is 10.5. The molecule has 1 heterocycles. The highest BCUT2D eigenvalue weighted by molar-refractivity contribution is 6.02. The second-order valence-electron chi connectivity index (χ2n) is 6.29. The van der Waals surface area contributed by atoms with Crippen molar-refractivity contribution in [3.63, 3.8) is 0 Å². The molecule has 5 heteroatoms. The fourth-order valence-corrected chi connectivity index (χ4v) is 2.83. The van der Waals surface area contributed by atoms with Gasteiger partial charge >= 0.3 is 5.97 Å². The molecule has 0 radical (unpaired) electrons. The van der Waals surface area contributed by atoms with Gasteiger partial charge in [0, 0.05) is 11.8 Å². The topological polar surface area (TPSA) is 68.5 Å². The van der Waals surface area contributed by atoms with E-state index < -0.39 is 5.97 Å². The molecule has 1 amide bonds. The van der Waals surface area contributed by atoms with Crippen LogP contribution in [0.2, 0.25) is 0 Å². The maximum Gasteiger partial charge on any atom is 0.343 e. The Balaban J connectivity index is 1.44. The van der Waals surface area contributed by atoms with Crippen LogP contribution in [0.25, 0.3) is 11.1 Å². The van der Waals surface area contributed by atoms with Gasteiger partial charge < -0.3 is 14.5 Å². The van der Waals surface area contributed by atoms with Gasteiger partial charge in [-0.25, -0.2) is 4.79 Å². The fourth-order valence-electron chi connectivity index (χ4n) is 2.83. The van der Waals surface area contributed by atoms with E-state index in [1.54, 1.807) is 48.5 Å². The summed E-state index contributed by atoms with van der Waals surface area (Å²) in [6.45, 7) is 0. The van der Waals surface area contributed by atoms with E-state index >= 15 is 0 Å². The van der Waals surface area contributed by atoms with Gasteiger partial charge in [0.25, 0.3) is 5.91 Å². The molecule has 0 saturated carbocycles. The number of amides is 1. The van der Waals surface area contributed by atoms with Crippen LogP contribution in [0, 0.1) is 0 Å². The first-order valence-corrected chi connectivity index (χ1v) is 9.02. The zero-order chi connectivity index (χ0) is 20.1. The first-order chi connectivity index (χ1) is 14.2. The molecular weight excluding hydrogens is 366 g/mol. The quantitative estimate of drug-likeness (QED) is 0.369. The average Bonchev–Trinajstić information content (AvgIpc) is 3.30. The molecule has 4 aromatic rings. The van der Waals surface area contributed by atoms with Crippen molar-refractivity contribution >= 4 is 17.6 Å². The molecule has 0 aliphatic carbocycles. The summed E-state index contributed by atoms with van der Waals surface area (Å²) >= 11 is 0. The number of ether oxygens (including phenoxy) is 1. The number of furan rings is 1. The maximum atomic E-state index is 12.5. The highest BCUT2D eigenvalue weighted by Crippen LogP contribution is 2.22. The Morgan fingerprint density at radius 3 is 2.24 bits per heavy atom. The Morgan fingerprint density at radius 1 is 0.759 bits per heavy atom. The average molecular weight is 383 g/mol. The highest BCUT2D eigenvalue weighted by Gasteiger charge is 2.12. The van der Waals surface area contributed by atoms with E-state index in [1.165, 1.54) is 6.26 Å². The smallest absolute Gasteiger partial charge is 0.343 e. The largest absolute Gasteiger partial charge is 0.459 e. The van der Waals surface area contributed by atoms with Gasteiger partial charge in [0.1, 0.15) is 5.75 Å². The van der Waals surface area contributed by atoms with Crippen LogP contribution >= 0.6 is 0 Å². The van der Waals surface area contributed by atoms with Crippen molar-refractivity contribution in [3.8, 4) is 16.9 Å². The molecule has 0 unspecified atom stereocenters. The third kappa shape index (κ3) is 4.42. The van der Waals surface area contributed by atoms with Crippen LogP contribution in [0.4, 0.5) is 5.69 Å². The number of hydrogen-bond acceptors (Lipinski definition) is 4. The SMILES string of the molecule is O=C(Oc1cccc(NC(=O)c2ccco2)c1)c1ccc(-c2ccccc2)cc1. The van der Waals surface area contributed by atoms with E-state index in [0.717, 1.165) is 11.1 Å². The van der Waals surface area contributed by atoms with Crippen LogP contribution in [-0.4, -0.2) is 11.9 Å². The lowest BCUT2D eigenvalue weighted by molar-refractivity contribution is 0.0735. The Kier molecular flexibility index (Phi) is 5.21. The lowest BCUT2D eigenvalue weighted by Gasteiger charge is -2.08. The number of hydrogen-bond donors (Lipinski definition) is 1. The van der Waals surface area contributed by atoms with Gasteiger partial charge in [-0.3, -0.25) is 4.79 Å². The minimum absolute atomic E-state index is 0.200. The summed E-state index contributed by atoms with van der Waals surface area (Å²) in [6.07, 6.45) is 1.43. The standard InChI is InChI=1S/C24H17NO4/c26-23(22-10-5-15-28-22)25-20-8-4-9-21(16-20)29-24(27)19-13-11-18(12-14-19)17-6-2-1-3-7-17/h1-16H,(H,25,26). The first kappa shape index (κ1) is 18.3. The van der Waals surface area contributed by atoms with Crippen molar-refractivity contribution in [1.29, 1.82) is 0 Å². The summed E-state index contributed by atoms with van der Waals surface area (Å²) in [4.78, 5) is 24.5. The van der Waals surface area contributed by atoms with Crippen LogP contribution in [0.5, 0.6) is 5.75 Å². The lowest BCUT2D eigenvalue weighted by Crippen LogP contribution is -2.12. The van der Waals surface area contributed by atoms with Gasteiger partial charge in [-0.15, -0.1) is 0 Å². The highest BCUT2D eigenvalue weighted by atomic mass is 16.5. The summed E-state index contributed by atoms with van der Waals surface area (Å²) in [6, 6.07) is 27.0. The number of carbonyl (C=O) groups excluding carboxylic acids is 2. The van der Waals surface area contributed by atoms with E-state index in [9.17, 15) is 9.59 Å². The first-order valence-electron chi connectivity index (χ1n) is 9.02. The predicted molar refractivity (Wildman–Crippen MR) is 110 cm³/mol. The molecule has 4 rings (SSSR count). The van der Waals surface area contributed by atoms with Crippen molar-refractivity contribution in [3.05, 3.63) is 109 Å². The summed E-state index contributed by atoms with van der Waals surface area (Å²) in [5, 5.41) is 2.70. The zero-order valence-corrected chi connectivity index (χ0v) is 15.4. The molecule has 5 nitrogen and oxygen atoms in total. The Labute approximate surface area is 167 Å². The van der Waals surface area contributed by atoms with E-state index in [-0.39, 0.29) is 11.7 Å². The molecule has 0 atom stereocenters. The maximum absolute atomic E-state index is 12.5. The number of carbonyl (C=O) groups is 2. The Bertz CT molecular complexity index is 1120. The molecule has 0 saturated heterocycles. The van der Waals surface area contributed by atoms with Gasteiger partial charge in [0.2, 0.25) is 0 Å². The van der Waals surface area contributed by atoms with Crippen molar-refractivity contribution < 1.29 is 18.7 Å².